The standard InChI is InChI=1S/C16H26N2O7S/c19-4-7(15-14(23)13(22)12(21)9(5-20)25-15)2-1-3-10-11-8(6-26-10)17-16(24)18-11/h4,7-15,20-23H,1-3,5-6H2,(H2,17,18,24)/t7?,8-,9+,10-,11-,12-,13-,14+,15?/m0/s1. The molecule has 3 heterocycles. The van der Waals surface area contributed by atoms with Crippen LogP contribution in [0.4, 0.5) is 4.79 Å². The fraction of sp³-hybridized carbons (Fsp3) is 0.875. The maximum absolute atomic E-state index is 11.5. The van der Waals surface area contributed by atoms with Crippen LogP contribution in [-0.4, -0.2) is 93.0 Å². The lowest BCUT2D eigenvalue weighted by Crippen LogP contribution is -2.60. The van der Waals surface area contributed by atoms with Crippen molar-refractivity contribution < 1.29 is 34.8 Å². The van der Waals surface area contributed by atoms with Gasteiger partial charge >= 0.3 is 6.03 Å². The zero-order valence-electron chi connectivity index (χ0n) is 14.2. The van der Waals surface area contributed by atoms with Crippen molar-refractivity contribution in [1.29, 1.82) is 0 Å². The van der Waals surface area contributed by atoms with E-state index in [-0.39, 0.29) is 23.4 Å². The number of aldehydes is 1. The summed E-state index contributed by atoms with van der Waals surface area (Å²) in [6, 6.07) is 0.0941. The summed E-state index contributed by atoms with van der Waals surface area (Å²) in [7, 11) is 0. The number of thioether (sulfide) groups is 1. The maximum atomic E-state index is 11.5. The van der Waals surface area contributed by atoms with Gasteiger partial charge in [0.05, 0.1) is 24.8 Å². The van der Waals surface area contributed by atoms with Gasteiger partial charge in [0.1, 0.15) is 30.7 Å². The lowest BCUT2D eigenvalue weighted by Gasteiger charge is -2.42. The number of aliphatic hydroxyl groups is 4. The van der Waals surface area contributed by atoms with E-state index in [4.69, 9.17) is 4.74 Å². The molecule has 0 saturated carbocycles. The molecule has 0 spiro atoms. The van der Waals surface area contributed by atoms with Crippen molar-refractivity contribution in [3.63, 3.8) is 0 Å². The van der Waals surface area contributed by atoms with Crippen LogP contribution in [0.2, 0.25) is 0 Å². The van der Waals surface area contributed by atoms with E-state index in [1.165, 1.54) is 0 Å². The molecule has 0 aromatic heterocycles. The Morgan fingerprint density at radius 1 is 1.23 bits per heavy atom. The van der Waals surface area contributed by atoms with Gasteiger partial charge in [0.2, 0.25) is 0 Å². The molecule has 148 valence electrons. The van der Waals surface area contributed by atoms with Crippen LogP contribution >= 0.6 is 11.8 Å². The first-order valence-corrected chi connectivity index (χ1v) is 9.95. The van der Waals surface area contributed by atoms with E-state index in [9.17, 15) is 30.0 Å². The molecule has 9 nitrogen and oxygen atoms in total. The molecular formula is C16H26N2O7S. The average molecular weight is 390 g/mol. The van der Waals surface area contributed by atoms with Gasteiger partial charge in [0.25, 0.3) is 0 Å². The number of ether oxygens (including phenoxy) is 1. The molecule has 3 saturated heterocycles. The van der Waals surface area contributed by atoms with Crippen LogP contribution in [-0.2, 0) is 9.53 Å². The molecule has 3 rings (SSSR count). The van der Waals surface area contributed by atoms with E-state index < -0.39 is 43.0 Å². The first kappa shape index (κ1) is 19.8. The fourth-order valence-corrected chi connectivity index (χ4v) is 5.54. The monoisotopic (exact) mass is 390 g/mol. The highest BCUT2D eigenvalue weighted by molar-refractivity contribution is 8.00. The number of rotatable bonds is 7. The topological polar surface area (TPSA) is 148 Å². The highest BCUT2D eigenvalue weighted by Gasteiger charge is 2.46. The van der Waals surface area contributed by atoms with Crippen LogP contribution in [0.15, 0.2) is 0 Å². The summed E-state index contributed by atoms with van der Waals surface area (Å²) < 4.78 is 5.48. The maximum Gasteiger partial charge on any atom is 0.315 e. The molecule has 10 heteroatoms. The lowest BCUT2D eigenvalue weighted by atomic mass is 9.85. The van der Waals surface area contributed by atoms with Gasteiger partial charge in [-0.2, -0.15) is 11.8 Å². The minimum Gasteiger partial charge on any atom is -0.394 e. The molecule has 0 aromatic rings. The zero-order chi connectivity index (χ0) is 18.8. The number of carbonyl (C=O) groups excluding carboxylic acids is 2. The number of urea groups is 1. The Bertz CT molecular complexity index is 523. The van der Waals surface area contributed by atoms with Gasteiger partial charge in [-0.05, 0) is 12.8 Å². The van der Waals surface area contributed by atoms with Crippen molar-refractivity contribution in [3.05, 3.63) is 0 Å². The number of fused-ring (bicyclic) bond motifs is 1. The van der Waals surface area contributed by atoms with Crippen molar-refractivity contribution in [2.45, 2.75) is 67.1 Å². The largest absolute Gasteiger partial charge is 0.394 e. The molecule has 3 aliphatic heterocycles. The molecule has 0 bridgehead atoms. The molecule has 2 amide bonds. The minimum atomic E-state index is -1.47. The van der Waals surface area contributed by atoms with Crippen LogP contribution in [0.3, 0.4) is 0 Å². The molecule has 3 fully saturated rings. The molecule has 2 unspecified atom stereocenters. The van der Waals surface area contributed by atoms with Crippen molar-refractivity contribution in [1.82, 2.24) is 10.6 Å². The summed E-state index contributed by atoms with van der Waals surface area (Å²) in [4.78, 5) is 22.9. The molecule has 9 atom stereocenters. The Morgan fingerprint density at radius 3 is 2.69 bits per heavy atom. The second-order valence-corrected chi connectivity index (χ2v) is 8.42. The van der Waals surface area contributed by atoms with E-state index in [2.05, 4.69) is 10.6 Å². The molecule has 26 heavy (non-hydrogen) atoms. The van der Waals surface area contributed by atoms with Gasteiger partial charge in [0, 0.05) is 16.9 Å². The second-order valence-electron chi connectivity index (χ2n) is 7.15. The summed E-state index contributed by atoms with van der Waals surface area (Å²) >= 11 is 1.78. The quantitative estimate of drug-likeness (QED) is 0.216. The number of aliphatic hydroxyl groups excluding tert-OH is 4. The number of hydrogen-bond donors (Lipinski definition) is 6. The van der Waals surface area contributed by atoms with Crippen LogP contribution in [0.5, 0.6) is 0 Å². The normalized spacial score (nSPS) is 43.5. The Kier molecular flexibility index (Phi) is 6.41. The summed E-state index contributed by atoms with van der Waals surface area (Å²) in [6.45, 7) is -0.512. The zero-order valence-corrected chi connectivity index (χ0v) is 15.0. The van der Waals surface area contributed by atoms with E-state index in [0.717, 1.165) is 12.2 Å². The lowest BCUT2D eigenvalue weighted by molar-refractivity contribution is -0.238. The first-order valence-electron chi connectivity index (χ1n) is 8.90. The van der Waals surface area contributed by atoms with Gasteiger partial charge in [-0.1, -0.05) is 6.42 Å². The third kappa shape index (κ3) is 3.85. The third-order valence-corrected chi connectivity index (χ3v) is 7.00. The van der Waals surface area contributed by atoms with Gasteiger partial charge in [-0.3, -0.25) is 0 Å². The minimum absolute atomic E-state index is 0.0921. The number of carbonyl (C=O) groups is 2. The summed E-state index contributed by atoms with van der Waals surface area (Å²) in [5.41, 5.74) is 0. The molecule has 0 aliphatic carbocycles. The highest BCUT2D eigenvalue weighted by Crippen LogP contribution is 2.34. The van der Waals surface area contributed by atoms with Crippen molar-refractivity contribution >= 4 is 24.1 Å². The van der Waals surface area contributed by atoms with E-state index in [0.29, 0.717) is 19.1 Å². The third-order valence-electron chi connectivity index (χ3n) is 5.49. The smallest absolute Gasteiger partial charge is 0.315 e. The van der Waals surface area contributed by atoms with Crippen molar-refractivity contribution in [2.24, 2.45) is 5.92 Å². The number of amides is 2. The van der Waals surface area contributed by atoms with Crippen LogP contribution < -0.4 is 10.6 Å². The van der Waals surface area contributed by atoms with Gasteiger partial charge in [-0.15, -0.1) is 0 Å². The summed E-state index contributed by atoms with van der Waals surface area (Å²) in [5, 5.41) is 45.2. The van der Waals surface area contributed by atoms with Gasteiger partial charge in [-0.25, -0.2) is 4.79 Å². The Labute approximate surface area is 155 Å². The predicted molar refractivity (Wildman–Crippen MR) is 92.7 cm³/mol. The molecule has 3 aliphatic rings. The summed E-state index contributed by atoms with van der Waals surface area (Å²) in [5.74, 6) is 0.206. The summed E-state index contributed by atoms with van der Waals surface area (Å²) in [6.07, 6.45) is -3.65. The molecule has 0 radical (unpaired) electrons. The molecule has 0 aromatic carbocycles. The van der Waals surface area contributed by atoms with Crippen molar-refractivity contribution in [3.8, 4) is 0 Å². The Hall–Kier alpha value is -0.910. The number of hydrogen-bond acceptors (Lipinski definition) is 8. The van der Waals surface area contributed by atoms with Gasteiger partial charge in [0.15, 0.2) is 0 Å². The first-order chi connectivity index (χ1) is 12.5. The van der Waals surface area contributed by atoms with E-state index in [1.54, 1.807) is 11.8 Å². The van der Waals surface area contributed by atoms with Crippen molar-refractivity contribution in [2.75, 3.05) is 12.4 Å². The Balaban J connectivity index is 1.53. The van der Waals surface area contributed by atoms with Crippen LogP contribution in [0, 0.1) is 5.92 Å². The van der Waals surface area contributed by atoms with Crippen LogP contribution in [0.25, 0.3) is 0 Å². The Morgan fingerprint density at radius 2 is 2.00 bits per heavy atom. The van der Waals surface area contributed by atoms with Gasteiger partial charge < -0.3 is 40.6 Å². The van der Waals surface area contributed by atoms with E-state index >= 15 is 0 Å². The second kappa shape index (κ2) is 8.41. The highest BCUT2D eigenvalue weighted by atomic mass is 32.2. The molecule has 6 N–H and O–H groups in total. The van der Waals surface area contributed by atoms with Crippen LogP contribution in [0.1, 0.15) is 19.3 Å². The number of nitrogens with one attached hydrogen (secondary N) is 2. The SMILES string of the molecule is O=CC(CCC[C@@H]1SC[C@@H]2NC(=O)N[C@@H]21)C1O[C@H](CO)[C@H](O)[C@H](O)[C@H]1O. The molecular weight excluding hydrogens is 364 g/mol. The predicted octanol–water partition coefficient (Wildman–Crippen LogP) is -2.02. The van der Waals surface area contributed by atoms with E-state index in [1.807, 2.05) is 0 Å². The fourth-order valence-electron chi connectivity index (χ4n) is 3.99. The average Bonchev–Trinajstić information content (AvgIpc) is 3.17.